The maximum absolute atomic E-state index is 12.6. The van der Waals surface area contributed by atoms with E-state index in [-0.39, 0.29) is 12.3 Å². The van der Waals surface area contributed by atoms with E-state index in [1.807, 2.05) is 0 Å². The Balaban J connectivity index is 2.03. The molecule has 2 saturated heterocycles. The van der Waals surface area contributed by atoms with Gasteiger partial charge in [0.25, 0.3) is 0 Å². The van der Waals surface area contributed by atoms with E-state index in [1.165, 1.54) is 0 Å². The summed E-state index contributed by atoms with van der Waals surface area (Å²) >= 11 is 0. The number of hydrogen-bond donors (Lipinski definition) is 1. The van der Waals surface area contributed by atoms with Gasteiger partial charge in [-0.05, 0) is 12.8 Å². The van der Waals surface area contributed by atoms with Crippen LogP contribution in [-0.2, 0) is 19.1 Å². The molecule has 0 aromatic heterocycles. The number of nitrogens with zero attached hydrogens (tertiary/aromatic N) is 2. The van der Waals surface area contributed by atoms with E-state index in [4.69, 9.17) is 15.2 Å². The minimum Gasteiger partial charge on any atom is -0.382 e. The van der Waals surface area contributed by atoms with Gasteiger partial charge >= 0.3 is 0 Å². The van der Waals surface area contributed by atoms with E-state index < -0.39 is 11.4 Å². The topological polar surface area (TPSA) is 85.1 Å². The Hall–Kier alpha value is -1.18. The van der Waals surface area contributed by atoms with E-state index in [2.05, 4.69) is 4.90 Å². The molecule has 0 unspecified atom stereocenters. The second kappa shape index (κ2) is 7.20. The van der Waals surface area contributed by atoms with Crippen LogP contribution in [0.1, 0.15) is 19.3 Å². The third-order valence-electron chi connectivity index (χ3n) is 4.28. The van der Waals surface area contributed by atoms with Crippen molar-refractivity contribution in [2.75, 3.05) is 53.1 Å². The highest BCUT2D eigenvalue weighted by Gasteiger charge is 2.44. The van der Waals surface area contributed by atoms with E-state index in [9.17, 15) is 9.59 Å². The number of likely N-dealkylation sites (tertiary alicyclic amines) is 1. The van der Waals surface area contributed by atoms with E-state index in [1.54, 1.807) is 12.0 Å². The third kappa shape index (κ3) is 3.93. The fourth-order valence-electron chi connectivity index (χ4n) is 3.34. The van der Waals surface area contributed by atoms with E-state index in [0.717, 1.165) is 25.9 Å². The van der Waals surface area contributed by atoms with Crippen LogP contribution in [0.2, 0.25) is 0 Å². The molecule has 2 amide bonds. The quantitative estimate of drug-likeness (QED) is 0.694. The molecule has 2 aliphatic heterocycles. The van der Waals surface area contributed by atoms with Gasteiger partial charge in [-0.25, -0.2) is 0 Å². The van der Waals surface area contributed by atoms with Crippen LogP contribution in [0, 0.1) is 0 Å². The minimum absolute atomic E-state index is 0.0488. The summed E-state index contributed by atoms with van der Waals surface area (Å²) in [6, 6.07) is 0. The zero-order valence-electron chi connectivity index (χ0n) is 12.7. The summed E-state index contributed by atoms with van der Waals surface area (Å²) in [5.74, 6) is -0.342. The van der Waals surface area contributed by atoms with Gasteiger partial charge in [-0.2, -0.15) is 0 Å². The molecule has 7 nitrogen and oxygen atoms in total. The molecule has 2 heterocycles. The van der Waals surface area contributed by atoms with Crippen LogP contribution in [0.5, 0.6) is 0 Å². The second-order valence-electron chi connectivity index (χ2n) is 5.84. The molecule has 0 aromatic carbocycles. The van der Waals surface area contributed by atoms with E-state index >= 15 is 0 Å². The molecule has 120 valence electrons. The SMILES string of the molecule is COC[C@]1(CC(N)=O)CCCN1C(=O)CN1CCOCC1. The molecule has 0 bridgehead atoms. The number of morpholine rings is 1. The first-order chi connectivity index (χ1) is 10.1. The Kier molecular flexibility index (Phi) is 5.55. The first-order valence-corrected chi connectivity index (χ1v) is 7.45. The van der Waals surface area contributed by atoms with Gasteiger partial charge in [0, 0.05) is 26.7 Å². The van der Waals surface area contributed by atoms with Gasteiger partial charge in [0.1, 0.15) is 0 Å². The van der Waals surface area contributed by atoms with Crippen molar-refractivity contribution >= 4 is 11.8 Å². The predicted molar refractivity (Wildman–Crippen MR) is 76.6 cm³/mol. The number of nitrogens with two attached hydrogens (primary N) is 1. The molecule has 0 radical (unpaired) electrons. The summed E-state index contributed by atoms with van der Waals surface area (Å²) in [6.45, 7) is 4.26. The van der Waals surface area contributed by atoms with Crippen molar-refractivity contribution in [2.45, 2.75) is 24.8 Å². The molecular weight excluding hydrogens is 274 g/mol. The van der Waals surface area contributed by atoms with Gasteiger partial charge in [0.05, 0.1) is 38.3 Å². The molecule has 0 aliphatic carbocycles. The number of hydrogen-bond acceptors (Lipinski definition) is 5. The molecule has 0 spiro atoms. The molecule has 0 saturated carbocycles. The predicted octanol–water partition coefficient (Wildman–Crippen LogP) is -0.798. The normalized spacial score (nSPS) is 27.0. The lowest BCUT2D eigenvalue weighted by molar-refractivity contribution is -0.141. The highest BCUT2D eigenvalue weighted by Crippen LogP contribution is 2.33. The summed E-state index contributed by atoms with van der Waals surface area (Å²) in [5.41, 5.74) is 4.81. The highest BCUT2D eigenvalue weighted by atomic mass is 16.5. The van der Waals surface area contributed by atoms with Crippen molar-refractivity contribution in [1.29, 1.82) is 0 Å². The smallest absolute Gasteiger partial charge is 0.237 e. The molecule has 2 aliphatic rings. The van der Waals surface area contributed by atoms with Crippen LogP contribution in [0.15, 0.2) is 0 Å². The molecule has 0 aromatic rings. The van der Waals surface area contributed by atoms with E-state index in [0.29, 0.717) is 32.9 Å². The Morgan fingerprint density at radius 3 is 2.62 bits per heavy atom. The van der Waals surface area contributed by atoms with Crippen LogP contribution in [0.3, 0.4) is 0 Å². The third-order valence-corrected chi connectivity index (χ3v) is 4.28. The Morgan fingerprint density at radius 1 is 1.29 bits per heavy atom. The maximum Gasteiger partial charge on any atom is 0.237 e. The van der Waals surface area contributed by atoms with Gasteiger partial charge in [0.15, 0.2) is 0 Å². The molecule has 1 atom stereocenters. The van der Waals surface area contributed by atoms with Crippen LogP contribution in [0.25, 0.3) is 0 Å². The van der Waals surface area contributed by atoms with Crippen molar-refractivity contribution < 1.29 is 19.1 Å². The maximum atomic E-state index is 12.6. The first kappa shape index (κ1) is 16.2. The van der Waals surface area contributed by atoms with Crippen LogP contribution >= 0.6 is 0 Å². The van der Waals surface area contributed by atoms with Gasteiger partial charge in [-0.15, -0.1) is 0 Å². The number of primary amides is 1. The molecular formula is C14H25N3O4. The van der Waals surface area contributed by atoms with Gasteiger partial charge in [-0.1, -0.05) is 0 Å². The van der Waals surface area contributed by atoms with Gasteiger partial charge < -0.3 is 20.1 Å². The number of amides is 2. The standard InChI is InChI=1S/C14H25N3O4/c1-20-11-14(9-12(15)18)3-2-4-17(14)13(19)10-16-5-7-21-8-6-16/h2-11H2,1H3,(H2,15,18)/t14-/m1/s1. The largest absolute Gasteiger partial charge is 0.382 e. The fourth-order valence-corrected chi connectivity index (χ4v) is 3.34. The van der Waals surface area contributed by atoms with Crippen molar-refractivity contribution in [3.63, 3.8) is 0 Å². The molecule has 2 rings (SSSR count). The summed E-state index contributed by atoms with van der Waals surface area (Å²) < 4.78 is 10.6. The molecule has 7 heteroatoms. The lowest BCUT2D eigenvalue weighted by atomic mass is 9.92. The monoisotopic (exact) mass is 299 g/mol. The number of carbonyl (C=O) groups excluding carboxylic acids is 2. The van der Waals surface area contributed by atoms with Crippen LogP contribution in [-0.4, -0.2) is 80.3 Å². The van der Waals surface area contributed by atoms with Crippen molar-refractivity contribution in [3.8, 4) is 0 Å². The Labute approximate surface area is 125 Å². The molecule has 2 N–H and O–H groups in total. The van der Waals surface area contributed by atoms with Gasteiger partial charge in [-0.3, -0.25) is 14.5 Å². The van der Waals surface area contributed by atoms with Crippen LogP contribution in [0.4, 0.5) is 0 Å². The summed E-state index contributed by atoms with van der Waals surface area (Å²) in [6.07, 6.45) is 1.81. The van der Waals surface area contributed by atoms with Crippen LogP contribution < -0.4 is 5.73 Å². The lowest BCUT2D eigenvalue weighted by Crippen LogP contribution is -2.55. The highest BCUT2D eigenvalue weighted by molar-refractivity contribution is 5.82. The molecule has 21 heavy (non-hydrogen) atoms. The average molecular weight is 299 g/mol. The first-order valence-electron chi connectivity index (χ1n) is 7.45. The van der Waals surface area contributed by atoms with Crippen molar-refractivity contribution in [2.24, 2.45) is 5.73 Å². The fraction of sp³-hybridized carbons (Fsp3) is 0.857. The summed E-state index contributed by atoms with van der Waals surface area (Å²) in [4.78, 5) is 27.9. The lowest BCUT2D eigenvalue weighted by Gasteiger charge is -2.38. The Morgan fingerprint density at radius 2 is 2.00 bits per heavy atom. The summed E-state index contributed by atoms with van der Waals surface area (Å²) in [7, 11) is 1.59. The van der Waals surface area contributed by atoms with Crippen molar-refractivity contribution in [1.82, 2.24) is 9.80 Å². The number of rotatable bonds is 6. The second-order valence-corrected chi connectivity index (χ2v) is 5.84. The summed E-state index contributed by atoms with van der Waals surface area (Å²) in [5, 5.41) is 0. The minimum atomic E-state index is -0.566. The van der Waals surface area contributed by atoms with Crippen molar-refractivity contribution in [3.05, 3.63) is 0 Å². The number of carbonyl (C=O) groups is 2. The number of methoxy groups -OCH3 is 1. The Bertz CT molecular complexity index is 384. The molecule has 2 fully saturated rings. The number of ether oxygens (including phenoxy) is 2. The average Bonchev–Trinajstić information content (AvgIpc) is 2.83. The zero-order chi connectivity index (χ0) is 15.3. The zero-order valence-corrected chi connectivity index (χ0v) is 12.7. The van der Waals surface area contributed by atoms with Gasteiger partial charge in [0.2, 0.25) is 11.8 Å².